The number of rotatable bonds is 2. The highest BCUT2D eigenvalue weighted by molar-refractivity contribution is 6.30. The second-order valence-electron chi connectivity index (χ2n) is 3.43. The zero-order valence-electron chi connectivity index (χ0n) is 8.64. The number of nitrogens with two attached hydrogens (primary N) is 1. The highest BCUT2D eigenvalue weighted by Gasteiger charge is 2.11. The molecule has 0 aliphatic rings. The van der Waals surface area contributed by atoms with E-state index in [1.165, 1.54) is 0 Å². The van der Waals surface area contributed by atoms with E-state index in [2.05, 4.69) is 4.98 Å². The van der Waals surface area contributed by atoms with Gasteiger partial charge in [-0.15, -0.1) is 0 Å². The lowest BCUT2D eigenvalue weighted by atomic mass is 10.2. The summed E-state index contributed by atoms with van der Waals surface area (Å²) in [6.45, 7) is 0. The molecule has 2 N–H and O–H groups in total. The Morgan fingerprint density at radius 2 is 2.00 bits per heavy atom. The Kier molecular flexibility index (Phi) is 2.66. The van der Waals surface area contributed by atoms with Crippen LogP contribution in [0.3, 0.4) is 0 Å². The van der Waals surface area contributed by atoms with E-state index < -0.39 is 5.91 Å². The predicted octanol–water partition coefficient (Wildman–Crippen LogP) is 1.84. The van der Waals surface area contributed by atoms with Crippen molar-refractivity contribution in [1.29, 1.82) is 0 Å². The van der Waals surface area contributed by atoms with Gasteiger partial charge in [0.2, 0.25) is 0 Å². The Morgan fingerprint density at radius 1 is 1.38 bits per heavy atom. The van der Waals surface area contributed by atoms with Crippen LogP contribution >= 0.6 is 11.6 Å². The van der Waals surface area contributed by atoms with Crippen LogP contribution in [-0.2, 0) is 7.05 Å². The molecule has 1 aromatic carbocycles. The number of carbonyl (C=O) groups is 1. The summed E-state index contributed by atoms with van der Waals surface area (Å²) in [6.07, 6.45) is 1.75. The fraction of sp³-hybridized carbons (Fsp3) is 0.0909. The molecule has 0 spiro atoms. The Morgan fingerprint density at radius 3 is 2.50 bits per heavy atom. The van der Waals surface area contributed by atoms with Crippen LogP contribution in [0.2, 0.25) is 5.02 Å². The molecule has 16 heavy (non-hydrogen) atoms. The minimum Gasteiger partial charge on any atom is -0.363 e. The zero-order valence-corrected chi connectivity index (χ0v) is 9.40. The molecule has 1 amide bonds. The first-order valence-corrected chi connectivity index (χ1v) is 5.05. The molecule has 1 aromatic heterocycles. The molecular formula is C11H10ClN3O. The van der Waals surface area contributed by atoms with E-state index in [0.717, 1.165) is 5.56 Å². The molecule has 0 fully saturated rings. The van der Waals surface area contributed by atoms with Gasteiger partial charge >= 0.3 is 0 Å². The van der Waals surface area contributed by atoms with Crippen LogP contribution in [0.5, 0.6) is 0 Å². The van der Waals surface area contributed by atoms with Crippen molar-refractivity contribution in [2.75, 3.05) is 0 Å². The summed E-state index contributed by atoms with van der Waals surface area (Å²) < 4.78 is 1.60. The summed E-state index contributed by atoms with van der Waals surface area (Å²) in [6, 6.07) is 7.23. The van der Waals surface area contributed by atoms with Crippen LogP contribution in [0.1, 0.15) is 10.6 Å². The van der Waals surface area contributed by atoms with Crippen LogP contribution in [0, 0.1) is 0 Å². The number of aryl methyl sites for hydroxylation is 1. The molecule has 0 saturated heterocycles. The van der Waals surface area contributed by atoms with Gasteiger partial charge in [-0.3, -0.25) is 4.79 Å². The van der Waals surface area contributed by atoms with E-state index in [-0.39, 0.29) is 5.82 Å². The average molecular weight is 236 g/mol. The lowest BCUT2D eigenvalue weighted by Gasteiger charge is -1.95. The molecule has 1 heterocycles. The number of halogens is 1. The molecule has 0 bridgehead atoms. The van der Waals surface area contributed by atoms with Crippen LogP contribution in [0.25, 0.3) is 11.3 Å². The number of hydrogen-bond donors (Lipinski definition) is 1. The first-order valence-electron chi connectivity index (χ1n) is 4.67. The van der Waals surface area contributed by atoms with Gasteiger partial charge in [0.15, 0.2) is 5.82 Å². The molecule has 0 aliphatic carbocycles. The van der Waals surface area contributed by atoms with Crippen molar-refractivity contribution >= 4 is 17.5 Å². The third-order valence-electron chi connectivity index (χ3n) is 2.24. The van der Waals surface area contributed by atoms with Crippen LogP contribution in [0.15, 0.2) is 30.5 Å². The zero-order chi connectivity index (χ0) is 11.7. The highest BCUT2D eigenvalue weighted by atomic mass is 35.5. The number of primary amides is 1. The second kappa shape index (κ2) is 3.98. The first-order chi connectivity index (χ1) is 7.58. The summed E-state index contributed by atoms with van der Waals surface area (Å²) in [5.74, 6) is -0.298. The maximum absolute atomic E-state index is 11.0. The standard InChI is InChI=1S/C11H10ClN3O/c1-15-6-9(14-11(15)10(13)16)7-2-4-8(12)5-3-7/h2-6H,1H3,(H2,13,16). The van der Waals surface area contributed by atoms with Gasteiger partial charge in [0.05, 0.1) is 5.69 Å². The van der Waals surface area contributed by atoms with Gasteiger partial charge in [-0.05, 0) is 12.1 Å². The molecular weight excluding hydrogens is 226 g/mol. The molecule has 0 unspecified atom stereocenters. The number of hydrogen-bond acceptors (Lipinski definition) is 2. The minimum atomic E-state index is -0.539. The SMILES string of the molecule is Cn1cc(-c2ccc(Cl)cc2)nc1C(N)=O. The van der Waals surface area contributed by atoms with Crippen molar-refractivity contribution in [1.82, 2.24) is 9.55 Å². The number of amides is 1. The number of aromatic nitrogens is 2. The molecule has 0 aliphatic heterocycles. The minimum absolute atomic E-state index is 0.241. The molecule has 2 rings (SSSR count). The number of nitrogens with zero attached hydrogens (tertiary/aromatic N) is 2. The summed E-state index contributed by atoms with van der Waals surface area (Å²) in [7, 11) is 1.73. The lowest BCUT2D eigenvalue weighted by molar-refractivity contribution is 0.0987. The third kappa shape index (κ3) is 1.92. The van der Waals surface area contributed by atoms with E-state index in [0.29, 0.717) is 10.7 Å². The van der Waals surface area contributed by atoms with Gasteiger partial charge in [-0.25, -0.2) is 4.98 Å². The number of benzene rings is 1. The molecule has 4 nitrogen and oxygen atoms in total. The molecule has 0 radical (unpaired) electrons. The second-order valence-corrected chi connectivity index (χ2v) is 3.87. The van der Waals surface area contributed by atoms with E-state index >= 15 is 0 Å². The van der Waals surface area contributed by atoms with Gasteiger partial charge in [-0.1, -0.05) is 23.7 Å². The van der Waals surface area contributed by atoms with Crippen LogP contribution in [-0.4, -0.2) is 15.5 Å². The monoisotopic (exact) mass is 235 g/mol. The quantitative estimate of drug-likeness (QED) is 0.864. The van der Waals surface area contributed by atoms with Gasteiger partial charge in [0, 0.05) is 23.8 Å². The smallest absolute Gasteiger partial charge is 0.284 e. The molecule has 2 aromatic rings. The van der Waals surface area contributed by atoms with Gasteiger partial charge in [-0.2, -0.15) is 0 Å². The predicted molar refractivity (Wildman–Crippen MR) is 62.2 cm³/mol. The summed E-state index contributed by atoms with van der Waals surface area (Å²) >= 11 is 5.79. The average Bonchev–Trinajstić information content (AvgIpc) is 2.61. The maximum Gasteiger partial charge on any atom is 0.284 e. The molecule has 0 atom stereocenters. The van der Waals surface area contributed by atoms with E-state index in [4.69, 9.17) is 17.3 Å². The Hall–Kier alpha value is -1.81. The summed E-state index contributed by atoms with van der Waals surface area (Å²) in [4.78, 5) is 15.2. The van der Waals surface area contributed by atoms with Crippen molar-refractivity contribution in [3.8, 4) is 11.3 Å². The van der Waals surface area contributed by atoms with Crippen molar-refractivity contribution < 1.29 is 4.79 Å². The van der Waals surface area contributed by atoms with Crippen LogP contribution < -0.4 is 5.73 Å². The molecule has 5 heteroatoms. The van der Waals surface area contributed by atoms with E-state index in [9.17, 15) is 4.79 Å². The van der Waals surface area contributed by atoms with Gasteiger partial charge in [0.1, 0.15) is 0 Å². The lowest BCUT2D eigenvalue weighted by Crippen LogP contribution is -2.16. The maximum atomic E-state index is 11.0. The fourth-order valence-corrected chi connectivity index (χ4v) is 1.58. The Balaban J connectivity index is 2.45. The Labute approximate surface area is 97.7 Å². The van der Waals surface area contributed by atoms with Crippen LogP contribution in [0.4, 0.5) is 0 Å². The van der Waals surface area contributed by atoms with Crippen molar-refractivity contribution in [2.45, 2.75) is 0 Å². The van der Waals surface area contributed by atoms with Crippen molar-refractivity contribution in [3.63, 3.8) is 0 Å². The normalized spacial score (nSPS) is 10.4. The third-order valence-corrected chi connectivity index (χ3v) is 2.49. The molecule has 0 saturated carbocycles. The molecule has 82 valence electrons. The number of carbonyl (C=O) groups excluding carboxylic acids is 1. The highest BCUT2D eigenvalue weighted by Crippen LogP contribution is 2.20. The van der Waals surface area contributed by atoms with E-state index in [1.54, 1.807) is 29.9 Å². The Bertz CT molecular complexity index is 531. The van der Waals surface area contributed by atoms with Gasteiger partial charge in [0.25, 0.3) is 5.91 Å². The fourth-order valence-electron chi connectivity index (χ4n) is 1.46. The number of imidazole rings is 1. The van der Waals surface area contributed by atoms with E-state index in [1.807, 2.05) is 12.1 Å². The van der Waals surface area contributed by atoms with Crippen molar-refractivity contribution in [2.24, 2.45) is 12.8 Å². The van der Waals surface area contributed by atoms with Crippen molar-refractivity contribution in [3.05, 3.63) is 41.3 Å². The topological polar surface area (TPSA) is 60.9 Å². The van der Waals surface area contributed by atoms with Gasteiger partial charge < -0.3 is 10.3 Å². The first kappa shape index (κ1) is 10.7. The summed E-state index contributed by atoms with van der Waals surface area (Å²) in [5.41, 5.74) is 6.78. The summed E-state index contributed by atoms with van der Waals surface area (Å²) in [5, 5.41) is 0.662. The largest absolute Gasteiger partial charge is 0.363 e.